The Bertz CT molecular complexity index is 1190. The number of anilines is 1. The van der Waals surface area contributed by atoms with Gasteiger partial charge in [-0.05, 0) is 17.7 Å². The highest BCUT2D eigenvalue weighted by Crippen LogP contribution is 2.28. The summed E-state index contributed by atoms with van der Waals surface area (Å²) in [4.78, 5) is 21.9. The third-order valence-electron chi connectivity index (χ3n) is 4.16. The molecule has 0 radical (unpaired) electrons. The maximum Gasteiger partial charge on any atom is 0.377 e. The fourth-order valence-corrected chi connectivity index (χ4v) is 3.03. The lowest BCUT2D eigenvalue weighted by Gasteiger charge is -2.05. The van der Waals surface area contributed by atoms with Crippen LogP contribution in [0.4, 0.5) is 5.82 Å². The van der Waals surface area contributed by atoms with E-state index in [4.69, 9.17) is 33.8 Å². The fraction of sp³-hybridized carbons (Fsp3) is 0.0500. The molecule has 0 atom stereocenters. The summed E-state index contributed by atoms with van der Waals surface area (Å²) in [6, 6.07) is 17.9. The first-order valence-electron chi connectivity index (χ1n) is 8.61. The van der Waals surface area contributed by atoms with Crippen molar-refractivity contribution in [1.82, 2.24) is 20.1 Å². The number of aromatic nitrogens is 3. The molecule has 0 spiro atoms. The zero-order chi connectivity index (χ0) is 20.4. The molecule has 0 amide bonds. The second-order valence-electron chi connectivity index (χ2n) is 6.19. The Kier molecular flexibility index (Phi) is 5.35. The second-order valence-corrected chi connectivity index (χ2v) is 7.01. The molecule has 2 aromatic carbocycles. The first kappa shape index (κ1) is 19.2. The number of benzene rings is 2. The van der Waals surface area contributed by atoms with Crippen molar-refractivity contribution in [3.63, 3.8) is 0 Å². The van der Waals surface area contributed by atoms with Crippen LogP contribution >= 0.6 is 23.2 Å². The molecule has 146 valence electrons. The number of rotatable bonds is 5. The molecule has 7 nitrogen and oxygen atoms in total. The van der Waals surface area contributed by atoms with Crippen LogP contribution in [0.15, 0.2) is 60.7 Å². The molecule has 0 saturated carbocycles. The van der Waals surface area contributed by atoms with Crippen molar-refractivity contribution in [2.45, 2.75) is 6.54 Å². The predicted octanol–water partition coefficient (Wildman–Crippen LogP) is 4.15. The van der Waals surface area contributed by atoms with Crippen molar-refractivity contribution in [2.24, 2.45) is 0 Å². The van der Waals surface area contributed by atoms with Crippen LogP contribution in [-0.2, 0) is 11.4 Å². The van der Waals surface area contributed by atoms with E-state index in [-0.39, 0.29) is 5.69 Å². The number of nitrogen functional groups attached to an aromatic ring is 1. The van der Waals surface area contributed by atoms with Gasteiger partial charge in [0.1, 0.15) is 5.82 Å². The molecule has 2 aromatic heterocycles. The Morgan fingerprint density at radius 3 is 2.62 bits per heavy atom. The lowest BCUT2D eigenvalue weighted by atomic mass is 10.1. The van der Waals surface area contributed by atoms with Gasteiger partial charge in [0.05, 0.1) is 22.3 Å². The summed E-state index contributed by atoms with van der Waals surface area (Å²) in [5.74, 6) is -0.325. The molecule has 0 unspecified atom stereocenters. The standard InChI is InChI=1S/C20H15Cl2N5O2/c21-14-7-6-13(8-15(14)22)16-9-18(23)27-19(25-16)10-17(26-27)20(28)29-24-11-12-4-2-1-3-5-12/h1-10,24H,11,23H2. The summed E-state index contributed by atoms with van der Waals surface area (Å²) in [6.45, 7) is 0.377. The lowest BCUT2D eigenvalue weighted by Crippen LogP contribution is -2.20. The summed E-state index contributed by atoms with van der Waals surface area (Å²) < 4.78 is 1.37. The normalized spacial score (nSPS) is 11.0. The van der Waals surface area contributed by atoms with E-state index in [2.05, 4.69) is 15.6 Å². The van der Waals surface area contributed by atoms with Crippen LogP contribution in [0.1, 0.15) is 16.1 Å². The topological polar surface area (TPSA) is 94.5 Å². The Morgan fingerprint density at radius 1 is 1.07 bits per heavy atom. The van der Waals surface area contributed by atoms with Crippen molar-refractivity contribution in [3.05, 3.63) is 82.0 Å². The minimum Gasteiger partial charge on any atom is -0.384 e. The minimum atomic E-state index is -0.637. The van der Waals surface area contributed by atoms with Crippen LogP contribution in [0.25, 0.3) is 16.9 Å². The van der Waals surface area contributed by atoms with Gasteiger partial charge in [0.2, 0.25) is 0 Å². The summed E-state index contributed by atoms with van der Waals surface area (Å²) in [5.41, 5.74) is 11.5. The van der Waals surface area contributed by atoms with E-state index in [1.807, 2.05) is 30.3 Å². The Balaban J connectivity index is 1.54. The molecule has 0 bridgehead atoms. The maximum absolute atomic E-state index is 12.3. The van der Waals surface area contributed by atoms with E-state index < -0.39 is 5.97 Å². The molecule has 0 saturated heterocycles. The number of fused-ring (bicyclic) bond motifs is 1. The fourth-order valence-electron chi connectivity index (χ4n) is 2.73. The smallest absolute Gasteiger partial charge is 0.377 e. The molecule has 4 rings (SSSR count). The molecule has 4 aromatic rings. The average molecular weight is 428 g/mol. The number of hydroxylamine groups is 1. The van der Waals surface area contributed by atoms with Crippen LogP contribution in [0.5, 0.6) is 0 Å². The number of nitrogens with zero attached hydrogens (tertiary/aromatic N) is 3. The van der Waals surface area contributed by atoms with Crippen LogP contribution < -0.4 is 11.2 Å². The van der Waals surface area contributed by atoms with Crippen LogP contribution in [0.3, 0.4) is 0 Å². The largest absolute Gasteiger partial charge is 0.384 e. The molecule has 29 heavy (non-hydrogen) atoms. The molecule has 0 fully saturated rings. The molecule has 9 heteroatoms. The number of nitrogens with one attached hydrogen (secondary N) is 1. The van der Waals surface area contributed by atoms with E-state index in [1.165, 1.54) is 10.6 Å². The SMILES string of the molecule is Nc1cc(-c2ccc(Cl)c(Cl)c2)nc2cc(C(=O)ONCc3ccccc3)nn12. The van der Waals surface area contributed by atoms with Crippen LogP contribution in [0.2, 0.25) is 10.0 Å². The number of nitrogens with two attached hydrogens (primary N) is 1. The van der Waals surface area contributed by atoms with Gasteiger partial charge in [-0.15, -0.1) is 5.48 Å². The molecular formula is C20H15Cl2N5O2. The van der Waals surface area contributed by atoms with E-state index in [9.17, 15) is 4.79 Å². The summed E-state index contributed by atoms with van der Waals surface area (Å²) >= 11 is 12.0. The van der Waals surface area contributed by atoms with Crippen molar-refractivity contribution in [2.75, 3.05) is 5.73 Å². The minimum absolute atomic E-state index is 0.0797. The predicted molar refractivity (Wildman–Crippen MR) is 112 cm³/mol. The van der Waals surface area contributed by atoms with Gasteiger partial charge in [-0.1, -0.05) is 59.6 Å². The average Bonchev–Trinajstić information content (AvgIpc) is 3.16. The van der Waals surface area contributed by atoms with Gasteiger partial charge in [0.15, 0.2) is 11.3 Å². The zero-order valence-electron chi connectivity index (χ0n) is 15.0. The number of halogens is 2. The summed E-state index contributed by atoms with van der Waals surface area (Å²) in [5, 5.41) is 5.03. The van der Waals surface area contributed by atoms with Gasteiger partial charge in [0, 0.05) is 17.7 Å². The highest BCUT2D eigenvalue weighted by Gasteiger charge is 2.16. The van der Waals surface area contributed by atoms with Gasteiger partial charge in [-0.3, -0.25) is 0 Å². The number of hydrogen-bond acceptors (Lipinski definition) is 6. The number of carbonyl (C=O) groups is 1. The van der Waals surface area contributed by atoms with Crippen LogP contribution in [-0.4, -0.2) is 20.6 Å². The molecule has 2 heterocycles. The first-order chi connectivity index (χ1) is 14.0. The van der Waals surface area contributed by atoms with Crippen molar-refractivity contribution in [3.8, 4) is 11.3 Å². The lowest BCUT2D eigenvalue weighted by molar-refractivity contribution is 0.0230. The molecule has 0 aliphatic rings. The highest BCUT2D eigenvalue weighted by atomic mass is 35.5. The number of carbonyl (C=O) groups excluding carboxylic acids is 1. The van der Waals surface area contributed by atoms with E-state index in [1.54, 1.807) is 24.3 Å². The van der Waals surface area contributed by atoms with Crippen molar-refractivity contribution < 1.29 is 9.63 Å². The highest BCUT2D eigenvalue weighted by molar-refractivity contribution is 6.42. The van der Waals surface area contributed by atoms with Crippen molar-refractivity contribution in [1.29, 1.82) is 0 Å². The van der Waals surface area contributed by atoms with Crippen molar-refractivity contribution >= 4 is 40.6 Å². The second kappa shape index (κ2) is 8.08. The monoisotopic (exact) mass is 427 g/mol. The van der Waals surface area contributed by atoms with E-state index >= 15 is 0 Å². The zero-order valence-corrected chi connectivity index (χ0v) is 16.5. The third-order valence-corrected chi connectivity index (χ3v) is 4.90. The Hall–Kier alpha value is -3.13. The summed E-state index contributed by atoms with van der Waals surface area (Å²) in [7, 11) is 0. The Labute approximate surface area is 176 Å². The van der Waals surface area contributed by atoms with E-state index in [0.29, 0.717) is 33.7 Å². The molecule has 0 aliphatic heterocycles. The first-order valence-corrected chi connectivity index (χ1v) is 9.36. The maximum atomic E-state index is 12.3. The van der Waals surface area contributed by atoms with Gasteiger partial charge in [0.25, 0.3) is 0 Å². The molecular weight excluding hydrogens is 413 g/mol. The third kappa shape index (κ3) is 4.17. The molecule has 0 aliphatic carbocycles. The Morgan fingerprint density at radius 2 is 1.86 bits per heavy atom. The van der Waals surface area contributed by atoms with Gasteiger partial charge >= 0.3 is 5.97 Å². The van der Waals surface area contributed by atoms with Gasteiger partial charge in [-0.2, -0.15) is 9.61 Å². The van der Waals surface area contributed by atoms with Gasteiger partial charge in [-0.25, -0.2) is 9.78 Å². The molecule has 3 N–H and O–H groups in total. The summed E-state index contributed by atoms with van der Waals surface area (Å²) in [6.07, 6.45) is 0. The number of hydrogen-bond donors (Lipinski definition) is 2. The van der Waals surface area contributed by atoms with Crippen LogP contribution in [0, 0.1) is 0 Å². The van der Waals surface area contributed by atoms with Gasteiger partial charge < -0.3 is 10.6 Å². The quantitative estimate of drug-likeness (QED) is 0.464. The van der Waals surface area contributed by atoms with E-state index in [0.717, 1.165) is 11.1 Å².